The summed E-state index contributed by atoms with van der Waals surface area (Å²) in [6, 6.07) is 2.37. The van der Waals surface area contributed by atoms with E-state index in [2.05, 4.69) is 28.2 Å². The van der Waals surface area contributed by atoms with Crippen LogP contribution in [-0.2, 0) is 0 Å². The van der Waals surface area contributed by atoms with Gasteiger partial charge in [-0.3, -0.25) is 4.90 Å². The molecule has 0 radical (unpaired) electrons. The lowest BCUT2D eigenvalue weighted by atomic mass is 9.89. The van der Waals surface area contributed by atoms with E-state index < -0.39 is 0 Å². The van der Waals surface area contributed by atoms with Crippen molar-refractivity contribution in [3.05, 3.63) is 0 Å². The van der Waals surface area contributed by atoms with E-state index in [9.17, 15) is 0 Å². The van der Waals surface area contributed by atoms with Gasteiger partial charge >= 0.3 is 0 Å². The number of nitrogens with one attached hydrogen (secondary N) is 1. The van der Waals surface area contributed by atoms with Gasteiger partial charge in [-0.2, -0.15) is 5.26 Å². The van der Waals surface area contributed by atoms with Crippen LogP contribution in [-0.4, -0.2) is 62.7 Å². The van der Waals surface area contributed by atoms with Crippen LogP contribution in [0, 0.1) is 16.7 Å². The predicted octanol–water partition coefficient (Wildman–Crippen LogP) is 1.54. The number of rotatable bonds is 8. The van der Waals surface area contributed by atoms with E-state index >= 15 is 0 Å². The van der Waals surface area contributed by atoms with E-state index in [0.29, 0.717) is 0 Å². The minimum absolute atomic E-state index is 0.153. The van der Waals surface area contributed by atoms with Crippen molar-refractivity contribution in [3.8, 4) is 6.07 Å². The lowest BCUT2D eigenvalue weighted by Crippen LogP contribution is -2.46. The number of unbranched alkanes of at least 4 members (excludes halogenated alkanes) is 1. The molecule has 0 amide bonds. The zero-order chi connectivity index (χ0) is 14.1. The van der Waals surface area contributed by atoms with Gasteiger partial charge in [0.2, 0.25) is 0 Å². The highest BCUT2D eigenvalue weighted by atomic mass is 15.2. The largest absolute Gasteiger partial charge is 0.314 e. The zero-order valence-electron chi connectivity index (χ0n) is 12.9. The first kappa shape index (κ1) is 16.4. The van der Waals surface area contributed by atoms with Gasteiger partial charge in [-0.1, -0.05) is 6.42 Å². The molecule has 1 N–H and O–H groups in total. The molecule has 4 nitrogen and oxygen atoms in total. The number of likely N-dealkylation sites (N-methyl/N-ethyl adjacent to an activating group) is 1. The normalized spacial score (nSPS) is 17.6. The number of hydrogen-bond acceptors (Lipinski definition) is 4. The second kappa shape index (κ2) is 8.52. The van der Waals surface area contributed by atoms with Crippen LogP contribution in [0.3, 0.4) is 0 Å². The van der Waals surface area contributed by atoms with Crippen molar-refractivity contribution in [1.29, 1.82) is 5.26 Å². The molecule has 4 heteroatoms. The summed E-state index contributed by atoms with van der Waals surface area (Å²) in [4.78, 5) is 4.95. The summed E-state index contributed by atoms with van der Waals surface area (Å²) < 4.78 is 0. The van der Waals surface area contributed by atoms with Gasteiger partial charge in [0, 0.05) is 39.3 Å². The predicted molar refractivity (Wildman–Crippen MR) is 80.1 cm³/mol. The molecule has 1 fully saturated rings. The third-order valence-corrected chi connectivity index (χ3v) is 3.90. The fourth-order valence-corrected chi connectivity index (χ4v) is 2.36. The smallest absolute Gasteiger partial charge is 0.0683 e. The van der Waals surface area contributed by atoms with Crippen molar-refractivity contribution in [2.45, 2.75) is 33.1 Å². The third kappa shape index (κ3) is 7.51. The van der Waals surface area contributed by atoms with Crippen LogP contribution in [0.1, 0.15) is 33.1 Å². The lowest BCUT2D eigenvalue weighted by Gasteiger charge is -2.29. The Balaban J connectivity index is 2.01. The number of nitrogens with zero attached hydrogens (tertiary/aromatic N) is 3. The van der Waals surface area contributed by atoms with E-state index in [-0.39, 0.29) is 5.41 Å². The van der Waals surface area contributed by atoms with Crippen molar-refractivity contribution in [2.24, 2.45) is 5.41 Å². The third-order valence-electron chi connectivity index (χ3n) is 3.90. The SMILES string of the molecule is CN(CCCCC(C)(C)C#N)CCN1CCNCC1. The Kier molecular flexibility index (Phi) is 7.37. The molecule has 110 valence electrons. The maximum absolute atomic E-state index is 8.96. The highest BCUT2D eigenvalue weighted by molar-refractivity contribution is 4.91. The molecule has 1 aliphatic rings. The number of piperazine rings is 1. The minimum atomic E-state index is -0.153. The van der Waals surface area contributed by atoms with Crippen LogP contribution in [0.5, 0.6) is 0 Å². The Hall–Kier alpha value is -0.630. The molecule has 0 aromatic heterocycles. The Morgan fingerprint density at radius 1 is 1.21 bits per heavy atom. The zero-order valence-corrected chi connectivity index (χ0v) is 12.9. The molecule has 1 rings (SSSR count). The molecular formula is C15H30N4. The molecular weight excluding hydrogens is 236 g/mol. The van der Waals surface area contributed by atoms with Gasteiger partial charge in [0.1, 0.15) is 0 Å². The average molecular weight is 266 g/mol. The summed E-state index contributed by atoms with van der Waals surface area (Å²) in [7, 11) is 2.21. The summed E-state index contributed by atoms with van der Waals surface area (Å²) in [5.74, 6) is 0. The maximum atomic E-state index is 8.96. The highest BCUT2D eigenvalue weighted by Crippen LogP contribution is 2.21. The molecule has 0 aromatic rings. The molecule has 0 bridgehead atoms. The standard InChI is InChI=1S/C15H30N4/c1-15(2,14-16)6-4-5-9-18(3)12-13-19-10-7-17-8-11-19/h17H,4-13H2,1-3H3. The van der Waals surface area contributed by atoms with Gasteiger partial charge in [-0.25, -0.2) is 0 Å². The maximum Gasteiger partial charge on any atom is 0.0683 e. The van der Waals surface area contributed by atoms with Crippen molar-refractivity contribution < 1.29 is 0 Å². The highest BCUT2D eigenvalue weighted by Gasteiger charge is 2.15. The molecule has 0 aromatic carbocycles. The Morgan fingerprint density at radius 2 is 1.89 bits per heavy atom. The van der Waals surface area contributed by atoms with Gasteiger partial charge in [-0.15, -0.1) is 0 Å². The topological polar surface area (TPSA) is 42.3 Å². The van der Waals surface area contributed by atoms with Crippen molar-refractivity contribution in [1.82, 2.24) is 15.1 Å². The van der Waals surface area contributed by atoms with Gasteiger partial charge in [-0.05, 0) is 40.3 Å². The first-order chi connectivity index (χ1) is 9.03. The van der Waals surface area contributed by atoms with E-state index in [4.69, 9.17) is 5.26 Å². The van der Waals surface area contributed by atoms with Crippen LogP contribution in [0.2, 0.25) is 0 Å². The summed E-state index contributed by atoms with van der Waals surface area (Å²) >= 11 is 0. The molecule has 1 heterocycles. The monoisotopic (exact) mass is 266 g/mol. The van der Waals surface area contributed by atoms with E-state index in [1.807, 2.05) is 13.8 Å². The molecule has 1 saturated heterocycles. The van der Waals surface area contributed by atoms with Crippen LogP contribution < -0.4 is 5.32 Å². The van der Waals surface area contributed by atoms with E-state index in [1.165, 1.54) is 26.1 Å². The first-order valence-electron chi connectivity index (χ1n) is 7.56. The Morgan fingerprint density at radius 3 is 2.53 bits per heavy atom. The van der Waals surface area contributed by atoms with Gasteiger partial charge in [0.15, 0.2) is 0 Å². The first-order valence-corrected chi connectivity index (χ1v) is 7.56. The fraction of sp³-hybridized carbons (Fsp3) is 0.933. The van der Waals surface area contributed by atoms with Crippen LogP contribution in [0.15, 0.2) is 0 Å². The number of nitriles is 1. The van der Waals surface area contributed by atoms with Crippen molar-refractivity contribution in [3.63, 3.8) is 0 Å². The summed E-state index contributed by atoms with van der Waals surface area (Å²) in [5, 5.41) is 12.3. The van der Waals surface area contributed by atoms with E-state index in [1.54, 1.807) is 0 Å². The quantitative estimate of drug-likeness (QED) is 0.677. The lowest BCUT2D eigenvalue weighted by molar-refractivity contribution is 0.203. The second-order valence-corrected chi connectivity index (χ2v) is 6.35. The molecule has 0 atom stereocenters. The van der Waals surface area contributed by atoms with E-state index in [0.717, 1.165) is 39.0 Å². The average Bonchev–Trinajstić information content (AvgIpc) is 2.42. The molecule has 0 saturated carbocycles. The molecule has 0 spiro atoms. The van der Waals surface area contributed by atoms with Crippen molar-refractivity contribution >= 4 is 0 Å². The summed E-state index contributed by atoms with van der Waals surface area (Å²) in [5.41, 5.74) is -0.153. The fourth-order valence-electron chi connectivity index (χ4n) is 2.36. The molecule has 0 aliphatic carbocycles. The van der Waals surface area contributed by atoms with Crippen molar-refractivity contribution in [2.75, 3.05) is 52.9 Å². The molecule has 19 heavy (non-hydrogen) atoms. The van der Waals surface area contributed by atoms with Gasteiger partial charge < -0.3 is 10.2 Å². The Labute approximate surface area is 118 Å². The molecule has 0 unspecified atom stereocenters. The summed E-state index contributed by atoms with van der Waals surface area (Å²) in [6.45, 7) is 12.2. The second-order valence-electron chi connectivity index (χ2n) is 6.35. The summed E-state index contributed by atoms with van der Waals surface area (Å²) in [6.07, 6.45) is 3.36. The molecule has 1 aliphatic heterocycles. The van der Waals surface area contributed by atoms with Crippen LogP contribution in [0.4, 0.5) is 0 Å². The van der Waals surface area contributed by atoms with Gasteiger partial charge in [0.25, 0.3) is 0 Å². The van der Waals surface area contributed by atoms with Crippen LogP contribution in [0.25, 0.3) is 0 Å². The Bertz CT molecular complexity index is 276. The minimum Gasteiger partial charge on any atom is -0.314 e. The van der Waals surface area contributed by atoms with Crippen LogP contribution >= 0.6 is 0 Å². The van der Waals surface area contributed by atoms with Gasteiger partial charge in [0.05, 0.1) is 11.5 Å². The number of hydrogen-bond donors (Lipinski definition) is 1.